The van der Waals surface area contributed by atoms with E-state index in [9.17, 15) is 0 Å². The van der Waals surface area contributed by atoms with Crippen molar-refractivity contribution in [2.75, 3.05) is 0 Å². The molecule has 0 bridgehead atoms. The highest BCUT2D eigenvalue weighted by molar-refractivity contribution is 5.03. The summed E-state index contributed by atoms with van der Waals surface area (Å²) in [7, 11) is 0. The Morgan fingerprint density at radius 2 is 2.23 bits per heavy atom. The zero-order valence-electron chi connectivity index (χ0n) is 7.46. The first-order valence-electron chi connectivity index (χ1n) is 4.22. The number of aromatic nitrogens is 5. The minimum atomic E-state index is 0.736. The van der Waals surface area contributed by atoms with Crippen LogP contribution in [0.1, 0.15) is 12.5 Å². The summed E-state index contributed by atoms with van der Waals surface area (Å²) in [5, 5.41) is 8.19. The van der Waals surface area contributed by atoms with Gasteiger partial charge >= 0.3 is 0 Å². The quantitative estimate of drug-likeness (QED) is 0.687. The van der Waals surface area contributed by atoms with Gasteiger partial charge in [0.2, 0.25) is 0 Å². The van der Waals surface area contributed by atoms with Crippen molar-refractivity contribution in [2.45, 2.75) is 20.0 Å². The molecule has 2 aromatic heterocycles. The Labute approximate surface area is 76.0 Å². The molecule has 0 aliphatic carbocycles. The summed E-state index contributed by atoms with van der Waals surface area (Å²) in [6, 6.07) is 0. The Bertz CT molecular complexity index is 362. The van der Waals surface area contributed by atoms with Crippen molar-refractivity contribution in [3.63, 3.8) is 0 Å². The molecule has 2 heterocycles. The zero-order valence-corrected chi connectivity index (χ0v) is 7.46. The van der Waals surface area contributed by atoms with Gasteiger partial charge in [0, 0.05) is 18.3 Å². The summed E-state index contributed by atoms with van der Waals surface area (Å²) in [6.45, 7) is 3.70. The van der Waals surface area contributed by atoms with Crippen molar-refractivity contribution < 1.29 is 0 Å². The summed E-state index contributed by atoms with van der Waals surface area (Å²) < 4.78 is 3.67. The highest BCUT2D eigenvalue weighted by atomic mass is 15.3. The van der Waals surface area contributed by atoms with Gasteiger partial charge < -0.3 is 0 Å². The van der Waals surface area contributed by atoms with E-state index in [0.29, 0.717) is 0 Å². The van der Waals surface area contributed by atoms with Crippen LogP contribution in [0.15, 0.2) is 25.0 Å². The third kappa shape index (κ3) is 1.74. The minimum Gasteiger partial charge on any atom is -0.273 e. The first-order chi connectivity index (χ1) is 6.38. The molecular weight excluding hydrogens is 166 g/mol. The fourth-order valence-corrected chi connectivity index (χ4v) is 1.16. The second-order valence-corrected chi connectivity index (χ2v) is 2.80. The van der Waals surface area contributed by atoms with E-state index in [1.807, 2.05) is 17.1 Å². The third-order valence-corrected chi connectivity index (χ3v) is 1.82. The van der Waals surface area contributed by atoms with Crippen LogP contribution in [-0.4, -0.2) is 24.5 Å². The lowest BCUT2D eigenvalue weighted by Crippen LogP contribution is -1.98. The number of hydrogen-bond acceptors (Lipinski definition) is 3. The molecule has 0 saturated carbocycles. The smallest absolute Gasteiger partial charge is 0.137 e. The number of hydrogen-bond donors (Lipinski definition) is 0. The van der Waals surface area contributed by atoms with Gasteiger partial charge in [-0.3, -0.25) is 4.68 Å². The van der Waals surface area contributed by atoms with Gasteiger partial charge in [0.15, 0.2) is 0 Å². The lowest BCUT2D eigenvalue weighted by Gasteiger charge is -1.95. The molecule has 0 aliphatic heterocycles. The second-order valence-electron chi connectivity index (χ2n) is 2.80. The van der Waals surface area contributed by atoms with Crippen LogP contribution in [0.4, 0.5) is 0 Å². The van der Waals surface area contributed by atoms with E-state index in [2.05, 4.69) is 22.1 Å². The van der Waals surface area contributed by atoms with Crippen LogP contribution in [0.2, 0.25) is 0 Å². The summed E-state index contributed by atoms with van der Waals surface area (Å²) in [6.07, 6.45) is 7.10. The normalized spacial score (nSPS) is 10.5. The topological polar surface area (TPSA) is 48.5 Å². The van der Waals surface area contributed by atoms with Crippen LogP contribution in [0, 0.1) is 0 Å². The molecule has 5 heteroatoms. The van der Waals surface area contributed by atoms with E-state index in [0.717, 1.165) is 18.7 Å². The molecule has 0 spiro atoms. The molecule has 0 amide bonds. The molecule has 0 radical (unpaired) electrons. The van der Waals surface area contributed by atoms with Gasteiger partial charge in [-0.2, -0.15) is 10.2 Å². The van der Waals surface area contributed by atoms with Crippen molar-refractivity contribution in [3.8, 4) is 0 Å². The van der Waals surface area contributed by atoms with Gasteiger partial charge in [-0.1, -0.05) is 0 Å². The van der Waals surface area contributed by atoms with E-state index >= 15 is 0 Å². The van der Waals surface area contributed by atoms with Crippen molar-refractivity contribution in [3.05, 3.63) is 30.6 Å². The second kappa shape index (κ2) is 3.38. The molecule has 0 saturated heterocycles. The Kier molecular flexibility index (Phi) is 2.08. The van der Waals surface area contributed by atoms with Crippen molar-refractivity contribution in [1.82, 2.24) is 24.5 Å². The molecule has 0 aliphatic rings. The molecule has 13 heavy (non-hydrogen) atoms. The number of nitrogens with zero attached hydrogens (tertiary/aromatic N) is 5. The maximum absolute atomic E-state index is 4.17. The average Bonchev–Trinajstić information content (AvgIpc) is 2.76. The van der Waals surface area contributed by atoms with E-state index in [1.54, 1.807) is 11.0 Å². The zero-order chi connectivity index (χ0) is 9.10. The standard InChI is InChI=1S/C8H11N5/c1-2-12-4-8(3-10-12)5-13-7-9-6-11-13/h3-4,6-7H,2,5H2,1H3. The molecule has 68 valence electrons. The lowest BCUT2D eigenvalue weighted by molar-refractivity contribution is 0.654. The summed E-state index contributed by atoms with van der Waals surface area (Å²) in [4.78, 5) is 3.87. The van der Waals surface area contributed by atoms with Crippen LogP contribution in [-0.2, 0) is 13.1 Å². The fraction of sp³-hybridized carbons (Fsp3) is 0.375. The predicted octanol–water partition coefficient (Wildman–Crippen LogP) is 0.543. The highest BCUT2D eigenvalue weighted by Crippen LogP contribution is 1.99. The van der Waals surface area contributed by atoms with Gasteiger partial charge in [-0.25, -0.2) is 9.67 Å². The Morgan fingerprint density at radius 3 is 2.85 bits per heavy atom. The monoisotopic (exact) mass is 177 g/mol. The molecule has 5 nitrogen and oxygen atoms in total. The molecule has 0 fully saturated rings. The number of aryl methyl sites for hydroxylation is 1. The third-order valence-electron chi connectivity index (χ3n) is 1.82. The molecule has 0 N–H and O–H groups in total. The van der Waals surface area contributed by atoms with E-state index in [1.165, 1.54) is 6.33 Å². The van der Waals surface area contributed by atoms with Crippen molar-refractivity contribution in [1.29, 1.82) is 0 Å². The maximum Gasteiger partial charge on any atom is 0.137 e. The molecule has 0 aromatic carbocycles. The first-order valence-corrected chi connectivity index (χ1v) is 4.22. The summed E-state index contributed by atoms with van der Waals surface area (Å²) >= 11 is 0. The molecule has 0 atom stereocenters. The fourth-order valence-electron chi connectivity index (χ4n) is 1.16. The van der Waals surface area contributed by atoms with E-state index in [-0.39, 0.29) is 0 Å². The summed E-state index contributed by atoms with van der Waals surface area (Å²) in [5.74, 6) is 0. The minimum absolute atomic E-state index is 0.736. The maximum atomic E-state index is 4.17. The van der Waals surface area contributed by atoms with Crippen LogP contribution in [0.25, 0.3) is 0 Å². The van der Waals surface area contributed by atoms with Crippen LogP contribution in [0.5, 0.6) is 0 Å². The largest absolute Gasteiger partial charge is 0.273 e. The van der Waals surface area contributed by atoms with Gasteiger partial charge in [0.25, 0.3) is 0 Å². The van der Waals surface area contributed by atoms with Crippen LogP contribution < -0.4 is 0 Å². The predicted molar refractivity (Wildman–Crippen MR) is 47.0 cm³/mol. The van der Waals surface area contributed by atoms with Crippen LogP contribution >= 0.6 is 0 Å². The first kappa shape index (κ1) is 7.97. The molecule has 0 unspecified atom stereocenters. The Balaban J connectivity index is 2.10. The van der Waals surface area contributed by atoms with Gasteiger partial charge in [-0.05, 0) is 6.92 Å². The Morgan fingerprint density at radius 1 is 1.31 bits per heavy atom. The van der Waals surface area contributed by atoms with Gasteiger partial charge in [0.05, 0.1) is 12.7 Å². The lowest BCUT2D eigenvalue weighted by atomic mass is 10.4. The highest BCUT2D eigenvalue weighted by Gasteiger charge is 1.98. The van der Waals surface area contributed by atoms with Gasteiger partial charge in [-0.15, -0.1) is 0 Å². The van der Waals surface area contributed by atoms with Gasteiger partial charge in [0.1, 0.15) is 12.7 Å². The van der Waals surface area contributed by atoms with Crippen molar-refractivity contribution >= 4 is 0 Å². The molecule has 2 aromatic rings. The number of rotatable bonds is 3. The SMILES string of the molecule is CCn1cc(Cn2cncn2)cn1. The summed E-state index contributed by atoms with van der Waals surface area (Å²) in [5.41, 5.74) is 1.15. The molecule has 2 rings (SSSR count). The average molecular weight is 177 g/mol. The Hall–Kier alpha value is -1.65. The molecular formula is C8H11N5. The van der Waals surface area contributed by atoms with Crippen molar-refractivity contribution in [2.24, 2.45) is 0 Å². The van der Waals surface area contributed by atoms with Crippen LogP contribution in [0.3, 0.4) is 0 Å². The van der Waals surface area contributed by atoms with E-state index < -0.39 is 0 Å². The van der Waals surface area contributed by atoms with E-state index in [4.69, 9.17) is 0 Å².